The Hall–Kier alpha value is -2.11. The molecule has 0 aliphatic carbocycles. The molecule has 0 aromatic heterocycles. The van der Waals surface area contributed by atoms with Crippen LogP contribution in [0.15, 0.2) is 59.6 Å². The van der Waals surface area contributed by atoms with Crippen LogP contribution in [-0.2, 0) is 11.3 Å². The summed E-state index contributed by atoms with van der Waals surface area (Å²) in [6, 6.07) is 13.8. The van der Waals surface area contributed by atoms with Crippen LogP contribution in [0.2, 0.25) is 0 Å². The average Bonchev–Trinajstić information content (AvgIpc) is 2.56. The second-order valence-electron chi connectivity index (χ2n) is 6.06. The van der Waals surface area contributed by atoms with E-state index in [2.05, 4.69) is 27.8 Å². The minimum atomic E-state index is 0.00820. The number of rotatable bonds is 8. The average molecular weight is 404 g/mol. The molecule has 2 rings (SSSR count). The molecule has 0 saturated heterocycles. The predicted molar refractivity (Wildman–Crippen MR) is 105 cm³/mol. The molecular formula is C20H24BrN2O2+. The molecule has 1 atom stereocenters. The van der Waals surface area contributed by atoms with E-state index in [-0.39, 0.29) is 5.91 Å². The summed E-state index contributed by atoms with van der Waals surface area (Å²) in [5.74, 6) is 0.832. The number of carbonyl (C=O) groups excluding carboxylic acids is 1. The van der Waals surface area contributed by atoms with Gasteiger partial charge >= 0.3 is 0 Å². The Kier molecular flexibility index (Phi) is 7.22. The van der Waals surface area contributed by atoms with Gasteiger partial charge in [-0.15, -0.1) is 0 Å². The lowest BCUT2D eigenvalue weighted by atomic mass is 10.2. The fraction of sp³-hybridized carbons (Fsp3) is 0.250. The van der Waals surface area contributed by atoms with Crippen molar-refractivity contribution >= 4 is 27.5 Å². The number of likely N-dealkylation sites (N-methyl/N-ethyl adjacent to an activating group) is 1. The standard InChI is InChI=1S/C20H23BrN2O2/c1-4-11-25-18-8-5-16(6-9-18)13-23(3)14-20(24)22-19-10-7-17(21)12-15(19)2/h4-10,12H,1,11,13-14H2,2-3H3,(H,22,24)/p+1. The molecule has 0 fully saturated rings. The van der Waals surface area contributed by atoms with Crippen LogP contribution >= 0.6 is 15.9 Å². The Morgan fingerprint density at radius 2 is 2.00 bits per heavy atom. The highest BCUT2D eigenvalue weighted by atomic mass is 79.9. The molecule has 2 N–H and O–H groups in total. The van der Waals surface area contributed by atoms with Gasteiger partial charge in [-0.25, -0.2) is 0 Å². The summed E-state index contributed by atoms with van der Waals surface area (Å²) >= 11 is 3.43. The number of ether oxygens (including phenoxy) is 1. The highest BCUT2D eigenvalue weighted by molar-refractivity contribution is 9.10. The number of carbonyl (C=O) groups is 1. The SMILES string of the molecule is C=CCOc1ccc(C[NH+](C)CC(=O)Nc2ccc(Br)cc2C)cc1. The van der Waals surface area contributed by atoms with Gasteiger partial charge in [-0.2, -0.15) is 0 Å². The molecule has 25 heavy (non-hydrogen) atoms. The van der Waals surface area contributed by atoms with Crippen molar-refractivity contribution in [1.82, 2.24) is 0 Å². The molecule has 1 amide bonds. The minimum Gasteiger partial charge on any atom is -0.490 e. The summed E-state index contributed by atoms with van der Waals surface area (Å²) in [6.45, 7) is 7.29. The number of halogens is 1. The van der Waals surface area contributed by atoms with Gasteiger partial charge in [0.1, 0.15) is 18.9 Å². The molecule has 2 aromatic rings. The number of hydrogen-bond acceptors (Lipinski definition) is 2. The van der Waals surface area contributed by atoms with E-state index in [9.17, 15) is 4.79 Å². The number of amides is 1. The molecule has 0 saturated carbocycles. The van der Waals surface area contributed by atoms with Crippen molar-refractivity contribution in [3.05, 3.63) is 70.7 Å². The van der Waals surface area contributed by atoms with Gasteiger partial charge < -0.3 is 15.0 Å². The van der Waals surface area contributed by atoms with E-state index in [1.54, 1.807) is 6.08 Å². The first-order valence-corrected chi connectivity index (χ1v) is 8.97. The fourth-order valence-corrected chi connectivity index (χ4v) is 2.98. The second-order valence-corrected chi connectivity index (χ2v) is 6.98. The summed E-state index contributed by atoms with van der Waals surface area (Å²) in [4.78, 5) is 13.4. The highest BCUT2D eigenvalue weighted by Crippen LogP contribution is 2.19. The van der Waals surface area contributed by atoms with Gasteiger partial charge in [0.2, 0.25) is 0 Å². The maximum Gasteiger partial charge on any atom is 0.279 e. The summed E-state index contributed by atoms with van der Waals surface area (Å²) in [7, 11) is 2.01. The van der Waals surface area contributed by atoms with Crippen LogP contribution in [0.5, 0.6) is 5.75 Å². The molecule has 1 unspecified atom stereocenters. The minimum absolute atomic E-state index is 0.00820. The Bertz CT molecular complexity index is 729. The largest absolute Gasteiger partial charge is 0.490 e. The van der Waals surface area contributed by atoms with Crippen molar-refractivity contribution < 1.29 is 14.4 Å². The maximum atomic E-state index is 12.2. The second kappa shape index (κ2) is 9.39. The predicted octanol–water partition coefficient (Wildman–Crippen LogP) is 2.98. The lowest BCUT2D eigenvalue weighted by molar-refractivity contribution is -0.885. The third kappa shape index (κ3) is 6.36. The zero-order chi connectivity index (χ0) is 18.2. The van der Waals surface area contributed by atoms with Gasteiger partial charge in [0.25, 0.3) is 5.91 Å². The van der Waals surface area contributed by atoms with Gasteiger partial charge in [-0.3, -0.25) is 4.79 Å². The number of hydrogen-bond donors (Lipinski definition) is 2. The molecule has 4 nitrogen and oxygen atoms in total. The number of anilines is 1. The summed E-state index contributed by atoms with van der Waals surface area (Å²) in [5, 5.41) is 2.98. The van der Waals surface area contributed by atoms with Crippen LogP contribution in [0.4, 0.5) is 5.69 Å². The zero-order valence-corrected chi connectivity index (χ0v) is 16.2. The van der Waals surface area contributed by atoms with Gasteiger partial charge in [-0.05, 0) is 55.0 Å². The van der Waals surface area contributed by atoms with Crippen LogP contribution in [0.1, 0.15) is 11.1 Å². The van der Waals surface area contributed by atoms with Crippen molar-refractivity contribution in [3.8, 4) is 5.75 Å². The Balaban J connectivity index is 1.85. The molecule has 0 heterocycles. The van der Waals surface area contributed by atoms with E-state index >= 15 is 0 Å². The molecule has 132 valence electrons. The topological polar surface area (TPSA) is 42.8 Å². The highest BCUT2D eigenvalue weighted by Gasteiger charge is 2.12. The van der Waals surface area contributed by atoms with Gasteiger partial charge in [0, 0.05) is 15.7 Å². The first kappa shape index (κ1) is 19.2. The van der Waals surface area contributed by atoms with E-state index < -0.39 is 0 Å². The lowest BCUT2D eigenvalue weighted by Gasteiger charge is -2.15. The normalized spacial score (nSPS) is 11.6. The van der Waals surface area contributed by atoms with Crippen molar-refractivity contribution in [2.45, 2.75) is 13.5 Å². The van der Waals surface area contributed by atoms with Crippen molar-refractivity contribution in [2.24, 2.45) is 0 Å². The lowest BCUT2D eigenvalue weighted by Crippen LogP contribution is -3.08. The van der Waals surface area contributed by atoms with Crippen LogP contribution in [0.3, 0.4) is 0 Å². The molecular weight excluding hydrogens is 380 g/mol. The van der Waals surface area contributed by atoms with E-state index in [4.69, 9.17) is 4.74 Å². The summed E-state index contributed by atoms with van der Waals surface area (Å²) < 4.78 is 6.48. The number of nitrogens with one attached hydrogen (secondary N) is 2. The molecule has 5 heteroatoms. The zero-order valence-electron chi connectivity index (χ0n) is 14.6. The van der Waals surface area contributed by atoms with Gasteiger partial charge in [0.05, 0.1) is 7.05 Å². The first-order valence-electron chi connectivity index (χ1n) is 8.18. The molecule has 2 aromatic carbocycles. The fourth-order valence-electron chi connectivity index (χ4n) is 2.51. The van der Waals surface area contributed by atoms with Crippen LogP contribution < -0.4 is 15.0 Å². The van der Waals surface area contributed by atoms with Crippen LogP contribution in [0, 0.1) is 6.92 Å². The van der Waals surface area contributed by atoms with Gasteiger partial charge in [0.15, 0.2) is 6.54 Å². The quantitative estimate of drug-likeness (QED) is 0.665. The Morgan fingerprint density at radius 1 is 1.28 bits per heavy atom. The van der Waals surface area contributed by atoms with Crippen LogP contribution in [-0.4, -0.2) is 26.1 Å². The summed E-state index contributed by atoms with van der Waals surface area (Å²) in [5.41, 5.74) is 3.05. The third-order valence-electron chi connectivity index (χ3n) is 3.72. The number of quaternary nitrogens is 1. The monoisotopic (exact) mass is 403 g/mol. The van der Waals surface area contributed by atoms with Crippen molar-refractivity contribution in [3.63, 3.8) is 0 Å². The maximum absolute atomic E-state index is 12.2. The van der Waals surface area contributed by atoms with Crippen molar-refractivity contribution in [2.75, 3.05) is 25.5 Å². The first-order chi connectivity index (χ1) is 12.0. The van der Waals surface area contributed by atoms with Gasteiger partial charge in [-0.1, -0.05) is 28.6 Å². The number of aryl methyl sites for hydroxylation is 1. The Morgan fingerprint density at radius 3 is 2.64 bits per heavy atom. The van der Waals surface area contributed by atoms with E-state index in [0.29, 0.717) is 13.2 Å². The molecule has 0 radical (unpaired) electrons. The molecule has 0 bridgehead atoms. The van der Waals surface area contributed by atoms with Crippen LogP contribution in [0.25, 0.3) is 0 Å². The van der Waals surface area contributed by atoms with E-state index in [0.717, 1.165) is 38.5 Å². The molecule has 0 aliphatic rings. The molecule has 0 spiro atoms. The van der Waals surface area contributed by atoms with E-state index in [1.807, 2.05) is 56.4 Å². The molecule has 0 aliphatic heterocycles. The smallest absolute Gasteiger partial charge is 0.279 e. The number of benzene rings is 2. The van der Waals surface area contributed by atoms with E-state index in [1.165, 1.54) is 0 Å². The third-order valence-corrected chi connectivity index (χ3v) is 4.22. The Labute approximate surface area is 157 Å². The van der Waals surface area contributed by atoms with Crippen molar-refractivity contribution in [1.29, 1.82) is 0 Å². The summed E-state index contributed by atoms with van der Waals surface area (Å²) in [6.07, 6.45) is 1.72.